The summed E-state index contributed by atoms with van der Waals surface area (Å²) in [5, 5.41) is 3.21. The lowest BCUT2D eigenvalue weighted by atomic mass is 10.2. The summed E-state index contributed by atoms with van der Waals surface area (Å²) >= 11 is 0. The van der Waals surface area contributed by atoms with Gasteiger partial charge in [0.2, 0.25) is 0 Å². The van der Waals surface area contributed by atoms with Crippen molar-refractivity contribution in [2.45, 2.75) is 13.3 Å². The third kappa shape index (κ3) is 4.79. The van der Waals surface area contributed by atoms with Crippen molar-refractivity contribution in [3.8, 4) is 0 Å². The molecule has 0 radical (unpaired) electrons. The van der Waals surface area contributed by atoms with E-state index in [0.717, 1.165) is 18.7 Å². The maximum atomic E-state index is 12.8. The summed E-state index contributed by atoms with van der Waals surface area (Å²) in [6.07, 6.45) is 2.55. The average Bonchev–Trinajstić information content (AvgIpc) is 2.60. The number of anilines is 2. The maximum absolute atomic E-state index is 12.8. The van der Waals surface area contributed by atoms with E-state index < -0.39 is 0 Å². The third-order valence-corrected chi connectivity index (χ3v) is 3.47. The minimum absolute atomic E-state index is 0.0268. The first-order valence-corrected chi connectivity index (χ1v) is 7.82. The summed E-state index contributed by atoms with van der Waals surface area (Å²) in [4.78, 5) is 18.8. The topological polar surface area (TPSA) is 54.5 Å². The molecule has 0 atom stereocenters. The lowest BCUT2D eigenvalue weighted by molar-refractivity contribution is 0.0988. The van der Waals surface area contributed by atoms with Crippen LogP contribution < -0.4 is 10.2 Å². The molecule has 5 nitrogen and oxygen atoms in total. The summed E-state index contributed by atoms with van der Waals surface area (Å²) in [5.74, 6) is 0.678. The second-order valence-corrected chi connectivity index (χ2v) is 5.09. The normalized spacial score (nSPS) is 10.3. The Kier molecular flexibility index (Phi) is 6.56. The number of carbonyl (C=O) groups is 1. The molecular formula is C18H23N3O2. The van der Waals surface area contributed by atoms with Crippen molar-refractivity contribution in [1.82, 2.24) is 4.98 Å². The van der Waals surface area contributed by atoms with Crippen molar-refractivity contribution in [2.24, 2.45) is 0 Å². The van der Waals surface area contributed by atoms with Crippen LogP contribution in [0.2, 0.25) is 0 Å². The lowest BCUT2D eigenvalue weighted by Crippen LogP contribution is -2.30. The first kappa shape index (κ1) is 17.0. The van der Waals surface area contributed by atoms with Gasteiger partial charge in [-0.3, -0.25) is 4.79 Å². The molecule has 0 bridgehead atoms. The Labute approximate surface area is 137 Å². The molecule has 0 saturated heterocycles. The molecule has 1 amide bonds. The zero-order chi connectivity index (χ0) is 16.5. The highest BCUT2D eigenvalue weighted by Crippen LogP contribution is 2.17. The van der Waals surface area contributed by atoms with Crippen LogP contribution in [0, 0.1) is 0 Å². The maximum Gasteiger partial charge on any atom is 0.258 e. The van der Waals surface area contributed by atoms with E-state index in [2.05, 4.69) is 10.3 Å². The number of rotatable bonds is 8. The van der Waals surface area contributed by atoms with E-state index >= 15 is 0 Å². The summed E-state index contributed by atoms with van der Waals surface area (Å²) in [5.41, 5.74) is 1.52. The quantitative estimate of drug-likeness (QED) is 0.760. The monoisotopic (exact) mass is 313 g/mol. The van der Waals surface area contributed by atoms with Crippen LogP contribution in [0.25, 0.3) is 0 Å². The lowest BCUT2D eigenvalue weighted by Gasteiger charge is -2.21. The van der Waals surface area contributed by atoms with Gasteiger partial charge in [0.1, 0.15) is 5.82 Å². The Morgan fingerprint density at radius 2 is 2.04 bits per heavy atom. The van der Waals surface area contributed by atoms with E-state index in [1.807, 2.05) is 37.3 Å². The largest absolute Gasteiger partial charge is 0.385 e. The molecule has 0 unspecified atom stereocenters. The van der Waals surface area contributed by atoms with Gasteiger partial charge in [0.05, 0.1) is 0 Å². The highest BCUT2D eigenvalue weighted by molar-refractivity contribution is 6.06. The Morgan fingerprint density at radius 3 is 2.74 bits per heavy atom. The van der Waals surface area contributed by atoms with Crippen LogP contribution in [0.15, 0.2) is 48.7 Å². The zero-order valence-corrected chi connectivity index (χ0v) is 13.7. The molecule has 0 fully saturated rings. The number of carbonyl (C=O) groups excluding carboxylic acids is 1. The molecule has 0 aliphatic heterocycles. The van der Waals surface area contributed by atoms with Gasteiger partial charge in [-0.2, -0.15) is 0 Å². The highest BCUT2D eigenvalue weighted by atomic mass is 16.5. The molecule has 2 rings (SSSR count). The molecule has 0 aliphatic rings. The number of hydrogen-bond acceptors (Lipinski definition) is 4. The standard InChI is InChI=1S/C18H23N3O2/c1-3-21(16-8-5-4-6-9-16)18(22)15-10-12-20-17(14-15)19-11-7-13-23-2/h4-6,8-10,12,14H,3,7,11,13H2,1-2H3,(H,19,20). The molecule has 0 saturated carbocycles. The predicted molar refractivity (Wildman–Crippen MR) is 93.0 cm³/mol. The summed E-state index contributed by atoms with van der Waals surface area (Å²) in [7, 11) is 1.68. The molecular weight excluding hydrogens is 290 g/mol. The van der Waals surface area contributed by atoms with Gasteiger partial charge >= 0.3 is 0 Å². The molecule has 1 aromatic carbocycles. The van der Waals surface area contributed by atoms with E-state index in [4.69, 9.17) is 4.74 Å². The second kappa shape index (κ2) is 8.90. The number of benzene rings is 1. The molecule has 122 valence electrons. The fourth-order valence-electron chi connectivity index (χ4n) is 2.30. The Balaban J connectivity index is 2.09. The van der Waals surface area contributed by atoms with Gasteiger partial charge in [0, 0.05) is 44.3 Å². The van der Waals surface area contributed by atoms with Crippen molar-refractivity contribution in [2.75, 3.05) is 37.0 Å². The molecule has 23 heavy (non-hydrogen) atoms. The summed E-state index contributed by atoms with van der Waals surface area (Å²) < 4.78 is 5.02. The van der Waals surface area contributed by atoms with Crippen LogP contribution >= 0.6 is 0 Å². The minimum Gasteiger partial charge on any atom is -0.385 e. The van der Waals surface area contributed by atoms with Crippen LogP contribution in [0.5, 0.6) is 0 Å². The fraction of sp³-hybridized carbons (Fsp3) is 0.333. The highest BCUT2D eigenvalue weighted by Gasteiger charge is 2.16. The predicted octanol–water partition coefficient (Wildman–Crippen LogP) is 3.20. The van der Waals surface area contributed by atoms with Gasteiger partial charge < -0.3 is 15.0 Å². The van der Waals surface area contributed by atoms with E-state index in [-0.39, 0.29) is 5.91 Å². The number of aromatic nitrogens is 1. The molecule has 2 aromatic rings. The molecule has 1 heterocycles. The molecule has 1 aromatic heterocycles. The minimum atomic E-state index is -0.0268. The molecule has 5 heteroatoms. The second-order valence-electron chi connectivity index (χ2n) is 5.09. The van der Waals surface area contributed by atoms with E-state index in [1.54, 1.807) is 30.3 Å². The van der Waals surface area contributed by atoms with Gasteiger partial charge in [-0.1, -0.05) is 18.2 Å². The van der Waals surface area contributed by atoms with Crippen molar-refractivity contribution in [3.05, 3.63) is 54.2 Å². The van der Waals surface area contributed by atoms with Crippen molar-refractivity contribution in [3.63, 3.8) is 0 Å². The van der Waals surface area contributed by atoms with Crippen LogP contribution in [-0.2, 0) is 4.74 Å². The number of pyridine rings is 1. The smallest absolute Gasteiger partial charge is 0.258 e. The van der Waals surface area contributed by atoms with E-state index in [9.17, 15) is 4.79 Å². The Hall–Kier alpha value is -2.40. The first-order valence-electron chi connectivity index (χ1n) is 7.82. The first-order chi connectivity index (χ1) is 11.3. The van der Waals surface area contributed by atoms with E-state index in [0.29, 0.717) is 24.5 Å². The van der Waals surface area contributed by atoms with Gasteiger partial charge in [-0.15, -0.1) is 0 Å². The van der Waals surface area contributed by atoms with Crippen molar-refractivity contribution in [1.29, 1.82) is 0 Å². The number of amides is 1. The van der Waals surface area contributed by atoms with Gasteiger partial charge in [0.25, 0.3) is 5.91 Å². The summed E-state index contributed by atoms with van der Waals surface area (Å²) in [6.45, 7) is 4.04. The SMILES string of the molecule is CCN(C(=O)c1ccnc(NCCCOC)c1)c1ccccc1. The number of nitrogens with one attached hydrogen (secondary N) is 1. The molecule has 1 N–H and O–H groups in total. The Morgan fingerprint density at radius 1 is 1.26 bits per heavy atom. The molecule has 0 spiro atoms. The van der Waals surface area contributed by atoms with Crippen LogP contribution in [0.4, 0.5) is 11.5 Å². The third-order valence-electron chi connectivity index (χ3n) is 3.47. The zero-order valence-electron chi connectivity index (χ0n) is 13.7. The van der Waals surface area contributed by atoms with Gasteiger partial charge in [0.15, 0.2) is 0 Å². The number of ether oxygens (including phenoxy) is 1. The van der Waals surface area contributed by atoms with E-state index in [1.165, 1.54) is 0 Å². The number of para-hydroxylation sites is 1. The number of methoxy groups -OCH3 is 1. The van der Waals surface area contributed by atoms with Crippen LogP contribution in [0.1, 0.15) is 23.7 Å². The van der Waals surface area contributed by atoms with Gasteiger partial charge in [-0.05, 0) is 37.6 Å². The van der Waals surface area contributed by atoms with Crippen molar-refractivity contribution >= 4 is 17.4 Å². The fourth-order valence-corrected chi connectivity index (χ4v) is 2.30. The Bertz CT molecular complexity index is 617. The van der Waals surface area contributed by atoms with Gasteiger partial charge in [-0.25, -0.2) is 4.98 Å². The number of nitrogens with zero attached hydrogens (tertiary/aromatic N) is 2. The van der Waals surface area contributed by atoms with Crippen LogP contribution in [-0.4, -0.2) is 37.7 Å². The van der Waals surface area contributed by atoms with Crippen molar-refractivity contribution < 1.29 is 9.53 Å². The van der Waals surface area contributed by atoms with Crippen LogP contribution in [0.3, 0.4) is 0 Å². The molecule has 0 aliphatic carbocycles. The average molecular weight is 313 g/mol. The summed E-state index contributed by atoms with van der Waals surface area (Å²) in [6, 6.07) is 13.2. The number of hydrogen-bond donors (Lipinski definition) is 1.